The van der Waals surface area contributed by atoms with E-state index in [9.17, 15) is 4.79 Å². The molecule has 17 heavy (non-hydrogen) atoms. The second-order valence-corrected chi connectivity index (χ2v) is 5.38. The summed E-state index contributed by atoms with van der Waals surface area (Å²) in [6.07, 6.45) is 1.56. The Morgan fingerprint density at radius 3 is 2.59 bits per heavy atom. The lowest BCUT2D eigenvalue weighted by Gasteiger charge is -2.30. The van der Waals surface area contributed by atoms with Gasteiger partial charge in [0.15, 0.2) is 0 Å². The van der Waals surface area contributed by atoms with Crippen molar-refractivity contribution in [2.45, 2.75) is 39.7 Å². The van der Waals surface area contributed by atoms with Crippen molar-refractivity contribution in [2.24, 2.45) is 11.1 Å². The molecular formula is C13H22N2OS. The van der Waals surface area contributed by atoms with Gasteiger partial charge in [0.2, 0.25) is 5.91 Å². The minimum atomic E-state index is -0.411. The maximum Gasteiger partial charge on any atom is 0.227 e. The third-order valence-electron chi connectivity index (χ3n) is 3.54. The van der Waals surface area contributed by atoms with E-state index in [1.54, 1.807) is 11.3 Å². The molecule has 0 aliphatic rings. The van der Waals surface area contributed by atoms with E-state index in [4.69, 9.17) is 5.73 Å². The summed E-state index contributed by atoms with van der Waals surface area (Å²) in [6.45, 7) is 6.46. The Morgan fingerprint density at radius 2 is 2.18 bits per heavy atom. The van der Waals surface area contributed by atoms with E-state index in [1.165, 1.54) is 4.88 Å². The first-order chi connectivity index (χ1) is 8.09. The monoisotopic (exact) mass is 254 g/mol. The van der Waals surface area contributed by atoms with Crippen molar-refractivity contribution in [2.75, 3.05) is 6.54 Å². The van der Waals surface area contributed by atoms with Crippen LogP contribution in [0.1, 0.15) is 44.5 Å². The first-order valence-electron chi connectivity index (χ1n) is 6.14. The summed E-state index contributed by atoms with van der Waals surface area (Å²) in [7, 11) is 0. The summed E-state index contributed by atoms with van der Waals surface area (Å²) >= 11 is 1.66. The van der Waals surface area contributed by atoms with Crippen LogP contribution in [-0.2, 0) is 4.79 Å². The second kappa shape index (κ2) is 6.17. The Bertz CT molecular complexity index is 336. The Balaban J connectivity index is 2.71. The smallest absolute Gasteiger partial charge is 0.227 e. The molecule has 0 radical (unpaired) electrons. The molecule has 0 fully saturated rings. The first-order valence-corrected chi connectivity index (χ1v) is 7.02. The number of hydrogen-bond donors (Lipinski definition) is 2. The van der Waals surface area contributed by atoms with Crippen LogP contribution in [0.15, 0.2) is 17.5 Å². The molecular weight excluding hydrogens is 232 g/mol. The molecule has 0 spiro atoms. The van der Waals surface area contributed by atoms with Crippen molar-refractivity contribution in [3.8, 4) is 0 Å². The van der Waals surface area contributed by atoms with Gasteiger partial charge in [0.1, 0.15) is 0 Å². The number of nitrogens with two attached hydrogens (primary N) is 1. The molecule has 1 heterocycles. The molecule has 0 bridgehead atoms. The molecule has 96 valence electrons. The lowest BCUT2D eigenvalue weighted by Crippen LogP contribution is -2.45. The zero-order valence-electron chi connectivity index (χ0n) is 10.8. The Labute approximate surface area is 107 Å². The van der Waals surface area contributed by atoms with Crippen LogP contribution < -0.4 is 11.1 Å². The minimum absolute atomic E-state index is 0.0616. The predicted octanol–water partition coefficient (Wildman–Crippen LogP) is 2.69. The Hall–Kier alpha value is -0.870. The summed E-state index contributed by atoms with van der Waals surface area (Å²) in [6, 6.07) is 4.10. The van der Waals surface area contributed by atoms with Gasteiger partial charge in [-0.3, -0.25) is 4.79 Å². The molecule has 4 heteroatoms. The van der Waals surface area contributed by atoms with Gasteiger partial charge in [0, 0.05) is 11.4 Å². The van der Waals surface area contributed by atoms with Gasteiger partial charge in [0.25, 0.3) is 0 Å². The summed E-state index contributed by atoms with van der Waals surface area (Å²) in [5.74, 6) is 0.0749. The van der Waals surface area contributed by atoms with Gasteiger partial charge in [-0.2, -0.15) is 0 Å². The molecule has 1 rings (SSSR count). The summed E-state index contributed by atoms with van der Waals surface area (Å²) in [5.41, 5.74) is 5.35. The fourth-order valence-corrected chi connectivity index (χ4v) is 2.65. The van der Waals surface area contributed by atoms with E-state index in [1.807, 2.05) is 38.3 Å². The van der Waals surface area contributed by atoms with Crippen LogP contribution >= 0.6 is 11.3 Å². The maximum atomic E-state index is 12.3. The third-order valence-corrected chi connectivity index (χ3v) is 4.60. The van der Waals surface area contributed by atoms with Crippen molar-refractivity contribution in [1.82, 2.24) is 5.32 Å². The molecule has 1 aromatic heterocycles. The van der Waals surface area contributed by atoms with Crippen LogP contribution in [0.4, 0.5) is 0 Å². The topological polar surface area (TPSA) is 55.1 Å². The lowest BCUT2D eigenvalue weighted by molar-refractivity contribution is -0.131. The number of carbonyl (C=O) groups is 1. The zero-order valence-corrected chi connectivity index (χ0v) is 11.6. The van der Waals surface area contributed by atoms with Gasteiger partial charge in [-0.05, 0) is 31.2 Å². The van der Waals surface area contributed by atoms with Crippen LogP contribution in [-0.4, -0.2) is 12.5 Å². The molecule has 3 N–H and O–H groups in total. The number of hydrogen-bond acceptors (Lipinski definition) is 3. The molecule has 0 aliphatic heterocycles. The van der Waals surface area contributed by atoms with Gasteiger partial charge in [-0.1, -0.05) is 19.9 Å². The largest absolute Gasteiger partial charge is 0.348 e. The summed E-state index contributed by atoms with van der Waals surface area (Å²) in [5, 5.41) is 5.09. The zero-order chi connectivity index (χ0) is 12.9. The average Bonchev–Trinajstić information content (AvgIpc) is 2.85. The highest BCUT2D eigenvalue weighted by atomic mass is 32.1. The molecule has 1 amide bonds. The number of carbonyl (C=O) groups excluding carboxylic acids is 1. The molecule has 3 nitrogen and oxygen atoms in total. The normalized spacial score (nSPS) is 13.4. The fraction of sp³-hybridized carbons (Fsp3) is 0.615. The highest BCUT2D eigenvalue weighted by Crippen LogP contribution is 2.27. The van der Waals surface area contributed by atoms with E-state index in [0.29, 0.717) is 6.54 Å². The van der Waals surface area contributed by atoms with Crippen molar-refractivity contribution < 1.29 is 4.79 Å². The molecule has 0 saturated heterocycles. The highest BCUT2D eigenvalue weighted by Gasteiger charge is 2.34. The van der Waals surface area contributed by atoms with Crippen molar-refractivity contribution in [1.29, 1.82) is 0 Å². The van der Waals surface area contributed by atoms with Gasteiger partial charge in [-0.15, -0.1) is 11.3 Å². The molecule has 0 aromatic carbocycles. The van der Waals surface area contributed by atoms with Crippen molar-refractivity contribution in [3.63, 3.8) is 0 Å². The molecule has 0 aliphatic carbocycles. The maximum absolute atomic E-state index is 12.3. The number of rotatable bonds is 6. The van der Waals surface area contributed by atoms with E-state index < -0.39 is 5.41 Å². The quantitative estimate of drug-likeness (QED) is 0.820. The second-order valence-electron chi connectivity index (χ2n) is 4.40. The summed E-state index contributed by atoms with van der Waals surface area (Å²) < 4.78 is 0. The van der Waals surface area contributed by atoms with E-state index >= 15 is 0 Å². The number of thiophene rings is 1. The fourth-order valence-electron chi connectivity index (χ4n) is 1.91. The van der Waals surface area contributed by atoms with Crippen molar-refractivity contribution >= 4 is 17.2 Å². The highest BCUT2D eigenvalue weighted by molar-refractivity contribution is 7.10. The van der Waals surface area contributed by atoms with Crippen LogP contribution in [0.3, 0.4) is 0 Å². The van der Waals surface area contributed by atoms with E-state index in [0.717, 1.165) is 12.8 Å². The summed E-state index contributed by atoms with van der Waals surface area (Å²) in [4.78, 5) is 13.5. The van der Waals surface area contributed by atoms with Gasteiger partial charge >= 0.3 is 0 Å². The average molecular weight is 254 g/mol. The molecule has 0 saturated carbocycles. The first kappa shape index (κ1) is 14.2. The SMILES string of the molecule is CCC(CC)(CN)C(=O)NC(C)c1cccs1. The van der Waals surface area contributed by atoms with Gasteiger partial charge < -0.3 is 11.1 Å². The van der Waals surface area contributed by atoms with Crippen LogP contribution in [0.5, 0.6) is 0 Å². The predicted molar refractivity (Wildman–Crippen MR) is 72.9 cm³/mol. The van der Waals surface area contributed by atoms with Gasteiger partial charge in [0.05, 0.1) is 11.5 Å². The standard InChI is InChI=1S/C13H22N2OS/c1-4-13(5-2,9-14)12(16)15-10(3)11-7-6-8-17-11/h6-8,10H,4-5,9,14H2,1-3H3,(H,15,16). The van der Waals surface area contributed by atoms with Crippen LogP contribution in [0.25, 0.3) is 0 Å². The molecule has 1 aromatic rings. The molecule has 1 atom stereocenters. The number of nitrogens with one attached hydrogen (secondary N) is 1. The van der Waals surface area contributed by atoms with Crippen LogP contribution in [0, 0.1) is 5.41 Å². The van der Waals surface area contributed by atoms with E-state index in [2.05, 4.69) is 5.32 Å². The third kappa shape index (κ3) is 3.07. The van der Waals surface area contributed by atoms with E-state index in [-0.39, 0.29) is 11.9 Å². The van der Waals surface area contributed by atoms with Crippen LogP contribution in [0.2, 0.25) is 0 Å². The minimum Gasteiger partial charge on any atom is -0.348 e. The Morgan fingerprint density at radius 1 is 1.53 bits per heavy atom. The molecule has 1 unspecified atom stereocenters. The Kier molecular flexibility index (Phi) is 5.15. The number of amides is 1. The van der Waals surface area contributed by atoms with Crippen molar-refractivity contribution in [3.05, 3.63) is 22.4 Å². The lowest BCUT2D eigenvalue weighted by atomic mass is 9.81. The van der Waals surface area contributed by atoms with Gasteiger partial charge in [-0.25, -0.2) is 0 Å².